The highest BCUT2D eigenvalue weighted by molar-refractivity contribution is 8.15. The molecule has 1 saturated heterocycles. The van der Waals surface area contributed by atoms with Crippen molar-refractivity contribution in [2.75, 3.05) is 0 Å². The molecule has 0 bridgehead atoms. The first-order valence-electron chi connectivity index (χ1n) is 8.49. The van der Waals surface area contributed by atoms with Gasteiger partial charge in [0.05, 0.1) is 28.7 Å². The normalized spacial score (nSPS) is 23.0. The number of fused-ring (bicyclic) bond motifs is 1. The molecule has 1 aromatic rings. The van der Waals surface area contributed by atoms with E-state index in [9.17, 15) is 9.59 Å². The number of esters is 1. The van der Waals surface area contributed by atoms with Crippen LogP contribution in [0.4, 0.5) is 0 Å². The van der Waals surface area contributed by atoms with Gasteiger partial charge in [-0.05, 0) is 32.8 Å². The van der Waals surface area contributed by atoms with Crippen LogP contribution in [-0.2, 0) is 14.3 Å². The molecule has 0 aliphatic carbocycles. The maximum absolute atomic E-state index is 12.9. The number of carbonyl (C=O) groups excluding carboxylic acids is 2. The van der Waals surface area contributed by atoms with Gasteiger partial charge in [-0.1, -0.05) is 49.0 Å². The van der Waals surface area contributed by atoms with Crippen LogP contribution in [-0.4, -0.2) is 33.3 Å². The van der Waals surface area contributed by atoms with E-state index in [1.807, 2.05) is 58.0 Å². The van der Waals surface area contributed by atoms with Crippen LogP contribution < -0.4 is 0 Å². The number of hydrogen-bond acceptors (Lipinski definition) is 5. The standard InChI is InChI=1S/C19H22N2O3S/c1-5-14-17(22)21-16(13-9-7-6-8-10-13)15(18(23)24-11(2)3)12(4)20-19(21)25-14/h6-11,14,16H,5H2,1-4H3/t14-,16+/m1/s1. The number of allylic oxidation sites excluding steroid dienone is 1. The number of benzene rings is 1. The van der Waals surface area contributed by atoms with E-state index in [-0.39, 0.29) is 17.3 Å². The number of nitrogens with zero attached hydrogens (tertiary/aromatic N) is 2. The number of ether oxygens (including phenoxy) is 1. The molecule has 1 aromatic carbocycles. The van der Waals surface area contributed by atoms with Gasteiger partial charge in [-0.2, -0.15) is 0 Å². The quantitative estimate of drug-likeness (QED) is 0.771. The average molecular weight is 358 g/mol. The molecule has 2 heterocycles. The van der Waals surface area contributed by atoms with E-state index >= 15 is 0 Å². The average Bonchev–Trinajstić information content (AvgIpc) is 2.89. The van der Waals surface area contributed by atoms with E-state index in [0.29, 0.717) is 16.4 Å². The molecule has 2 aliphatic rings. The molecule has 25 heavy (non-hydrogen) atoms. The summed E-state index contributed by atoms with van der Waals surface area (Å²) in [6, 6.07) is 9.11. The molecule has 0 spiro atoms. The zero-order valence-electron chi connectivity index (χ0n) is 14.9. The fourth-order valence-electron chi connectivity index (χ4n) is 3.08. The minimum absolute atomic E-state index is 0.00227. The van der Waals surface area contributed by atoms with Crippen molar-refractivity contribution in [3.05, 3.63) is 47.2 Å². The van der Waals surface area contributed by atoms with Gasteiger partial charge in [0.2, 0.25) is 5.91 Å². The van der Waals surface area contributed by atoms with Gasteiger partial charge < -0.3 is 4.74 Å². The summed E-state index contributed by atoms with van der Waals surface area (Å²) >= 11 is 1.47. The van der Waals surface area contributed by atoms with Crippen molar-refractivity contribution in [2.45, 2.75) is 51.5 Å². The number of hydrogen-bond donors (Lipinski definition) is 0. The summed E-state index contributed by atoms with van der Waals surface area (Å²) in [5, 5.41) is 0.516. The Labute approximate surface area is 152 Å². The number of amidine groups is 1. The molecule has 2 aliphatic heterocycles. The van der Waals surface area contributed by atoms with Gasteiger partial charge in [0, 0.05) is 0 Å². The van der Waals surface area contributed by atoms with Crippen molar-refractivity contribution in [1.82, 2.24) is 4.90 Å². The Morgan fingerprint density at radius 2 is 2.00 bits per heavy atom. The van der Waals surface area contributed by atoms with Gasteiger partial charge in [0.1, 0.15) is 0 Å². The summed E-state index contributed by atoms with van der Waals surface area (Å²) in [6.07, 6.45) is 0.493. The van der Waals surface area contributed by atoms with Crippen molar-refractivity contribution in [2.24, 2.45) is 4.99 Å². The highest BCUT2D eigenvalue weighted by atomic mass is 32.2. The minimum Gasteiger partial charge on any atom is -0.459 e. The maximum atomic E-state index is 12.9. The van der Waals surface area contributed by atoms with Crippen molar-refractivity contribution in [3.63, 3.8) is 0 Å². The molecular weight excluding hydrogens is 336 g/mol. The van der Waals surface area contributed by atoms with Crippen LogP contribution in [0.5, 0.6) is 0 Å². The zero-order valence-corrected chi connectivity index (χ0v) is 15.7. The predicted molar refractivity (Wildman–Crippen MR) is 99.1 cm³/mol. The SMILES string of the molecule is CC[C@H]1SC2=NC(C)=C(C(=O)OC(C)C)[C@H](c3ccccc3)N2C1=O. The molecule has 0 N–H and O–H groups in total. The molecule has 1 fully saturated rings. The summed E-state index contributed by atoms with van der Waals surface area (Å²) in [5.74, 6) is -0.413. The molecule has 2 atom stereocenters. The van der Waals surface area contributed by atoms with Crippen LogP contribution in [0.3, 0.4) is 0 Å². The molecule has 0 aromatic heterocycles. The molecule has 6 heteroatoms. The van der Waals surface area contributed by atoms with Crippen molar-refractivity contribution in [3.8, 4) is 0 Å². The predicted octanol–water partition coefficient (Wildman–Crippen LogP) is 3.68. The third kappa shape index (κ3) is 3.23. The van der Waals surface area contributed by atoms with Crippen LogP contribution in [0.2, 0.25) is 0 Å². The van der Waals surface area contributed by atoms with Crippen molar-refractivity contribution in [1.29, 1.82) is 0 Å². The molecule has 0 radical (unpaired) electrons. The van der Waals surface area contributed by atoms with Gasteiger partial charge >= 0.3 is 5.97 Å². The van der Waals surface area contributed by atoms with Crippen molar-refractivity contribution < 1.29 is 14.3 Å². The van der Waals surface area contributed by atoms with Crippen molar-refractivity contribution >= 4 is 28.8 Å². The Bertz CT molecular complexity index is 755. The lowest BCUT2D eigenvalue weighted by atomic mass is 9.94. The number of rotatable bonds is 4. The first-order chi connectivity index (χ1) is 11.9. The zero-order chi connectivity index (χ0) is 18.1. The molecule has 3 rings (SSSR count). The topological polar surface area (TPSA) is 59.0 Å². The smallest absolute Gasteiger partial charge is 0.338 e. The van der Waals surface area contributed by atoms with E-state index in [1.165, 1.54) is 11.8 Å². The fourth-order valence-corrected chi connectivity index (χ4v) is 4.21. The van der Waals surface area contributed by atoms with Gasteiger partial charge in [0.15, 0.2) is 5.17 Å². The fraction of sp³-hybridized carbons (Fsp3) is 0.421. The highest BCUT2D eigenvalue weighted by Gasteiger charge is 2.47. The number of thioether (sulfide) groups is 1. The van der Waals surface area contributed by atoms with Gasteiger partial charge in [-0.25, -0.2) is 9.79 Å². The van der Waals surface area contributed by atoms with Crippen LogP contribution in [0, 0.1) is 0 Å². The number of amides is 1. The second kappa shape index (κ2) is 7.04. The molecule has 1 amide bonds. The Morgan fingerprint density at radius 1 is 1.32 bits per heavy atom. The molecular formula is C19H22N2O3S. The monoisotopic (exact) mass is 358 g/mol. The summed E-state index contributed by atoms with van der Waals surface area (Å²) in [5.41, 5.74) is 1.94. The Balaban J connectivity index is 2.11. The number of aliphatic imine (C=N–C) groups is 1. The first-order valence-corrected chi connectivity index (χ1v) is 9.37. The van der Waals surface area contributed by atoms with Crippen LogP contribution in [0.25, 0.3) is 0 Å². The van der Waals surface area contributed by atoms with E-state index in [2.05, 4.69) is 4.99 Å². The Hall–Kier alpha value is -2.08. The lowest BCUT2D eigenvalue weighted by Gasteiger charge is -2.33. The lowest BCUT2D eigenvalue weighted by molar-refractivity contribution is -0.143. The second-order valence-corrected chi connectivity index (χ2v) is 7.55. The largest absolute Gasteiger partial charge is 0.459 e. The minimum atomic E-state index is -0.489. The van der Waals surface area contributed by atoms with Crippen LogP contribution in [0.15, 0.2) is 46.6 Å². The third-order valence-corrected chi connectivity index (χ3v) is 5.52. The third-order valence-electron chi connectivity index (χ3n) is 4.20. The first kappa shape index (κ1) is 17.7. The summed E-state index contributed by atoms with van der Waals surface area (Å²) in [4.78, 5) is 31.9. The Kier molecular flexibility index (Phi) is 4.99. The second-order valence-electron chi connectivity index (χ2n) is 6.38. The summed E-state index contributed by atoms with van der Waals surface area (Å²) in [6.45, 7) is 7.42. The van der Waals surface area contributed by atoms with E-state index in [4.69, 9.17) is 4.74 Å². The Morgan fingerprint density at radius 3 is 2.60 bits per heavy atom. The van der Waals surface area contributed by atoms with Crippen LogP contribution >= 0.6 is 11.8 Å². The molecule has 0 saturated carbocycles. The van der Waals surface area contributed by atoms with E-state index in [0.717, 1.165) is 12.0 Å². The maximum Gasteiger partial charge on any atom is 0.338 e. The van der Waals surface area contributed by atoms with Crippen LogP contribution in [0.1, 0.15) is 45.7 Å². The summed E-state index contributed by atoms with van der Waals surface area (Å²) in [7, 11) is 0. The molecule has 132 valence electrons. The lowest BCUT2D eigenvalue weighted by Crippen LogP contribution is -2.41. The van der Waals surface area contributed by atoms with E-state index < -0.39 is 12.0 Å². The van der Waals surface area contributed by atoms with E-state index in [1.54, 1.807) is 4.90 Å². The number of carbonyl (C=O) groups is 2. The highest BCUT2D eigenvalue weighted by Crippen LogP contribution is 2.43. The summed E-state index contributed by atoms with van der Waals surface area (Å²) < 4.78 is 5.44. The van der Waals surface area contributed by atoms with Gasteiger partial charge in [-0.3, -0.25) is 9.69 Å². The molecule has 0 unspecified atom stereocenters. The molecule has 5 nitrogen and oxygen atoms in total. The van der Waals surface area contributed by atoms with Gasteiger partial charge in [0.25, 0.3) is 0 Å². The van der Waals surface area contributed by atoms with Gasteiger partial charge in [-0.15, -0.1) is 0 Å².